The number of benzene rings is 1. The van der Waals surface area contributed by atoms with E-state index in [4.69, 9.17) is 9.47 Å². The van der Waals surface area contributed by atoms with E-state index in [1.54, 1.807) is 14.2 Å². The minimum Gasteiger partial charge on any atom is -0.496 e. The van der Waals surface area contributed by atoms with Gasteiger partial charge in [-0.25, -0.2) is 0 Å². The number of hydrogen-bond acceptors (Lipinski definition) is 3. The zero-order valence-electron chi connectivity index (χ0n) is 13.0. The van der Waals surface area contributed by atoms with Crippen LogP contribution in [0.3, 0.4) is 0 Å². The standard InChI is InChI=1S/C17H26O3/c1-16(2)9-11-17(20-4,12-10-16)15(18)13-7-5-6-8-14(13)19-3/h5-8,15,18H,9-12H2,1-4H3. The Balaban J connectivity index is 2.27. The quantitative estimate of drug-likeness (QED) is 0.912. The smallest absolute Gasteiger partial charge is 0.124 e. The van der Waals surface area contributed by atoms with Gasteiger partial charge in [-0.15, -0.1) is 0 Å². The summed E-state index contributed by atoms with van der Waals surface area (Å²) in [6.07, 6.45) is 3.21. The van der Waals surface area contributed by atoms with E-state index in [0.29, 0.717) is 5.41 Å². The van der Waals surface area contributed by atoms with Crippen LogP contribution < -0.4 is 4.74 Å². The molecule has 1 atom stereocenters. The third-order valence-corrected chi connectivity index (χ3v) is 4.79. The summed E-state index contributed by atoms with van der Waals surface area (Å²) in [5.41, 5.74) is 0.656. The Bertz CT molecular complexity index is 443. The van der Waals surface area contributed by atoms with Crippen LogP contribution in [-0.2, 0) is 4.74 Å². The second kappa shape index (κ2) is 5.74. The second-order valence-corrected chi connectivity index (χ2v) is 6.58. The number of para-hydroxylation sites is 1. The molecular weight excluding hydrogens is 252 g/mol. The molecular formula is C17H26O3. The van der Waals surface area contributed by atoms with Crippen LogP contribution in [0.1, 0.15) is 51.2 Å². The molecule has 0 bridgehead atoms. The molecule has 1 unspecified atom stereocenters. The van der Waals surface area contributed by atoms with E-state index >= 15 is 0 Å². The van der Waals surface area contributed by atoms with Gasteiger partial charge in [0, 0.05) is 12.7 Å². The molecule has 20 heavy (non-hydrogen) atoms. The van der Waals surface area contributed by atoms with E-state index in [2.05, 4.69) is 13.8 Å². The zero-order valence-corrected chi connectivity index (χ0v) is 13.0. The fraction of sp³-hybridized carbons (Fsp3) is 0.647. The highest BCUT2D eigenvalue weighted by Gasteiger charge is 2.45. The third kappa shape index (κ3) is 2.84. The molecule has 1 N–H and O–H groups in total. The van der Waals surface area contributed by atoms with Crippen molar-refractivity contribution in [2.75, 3.05) is 14.2 Å². The summed E-state index contributed by atoms with van der Waals surface area (Å²) >= 11 is 0. The second-order valence-electron chi connectivity index (χ2n) is 6.58. The molecule has 1 aromatic rings. The van der Waals surface area contributed by atoms with Gasteiger partial charge in [0.2, 0.25) is 0 Å². The van der Waals surface area contributed by atoms with Crippen LogP contribution in [0.25, 0.3) is 0 Å². The molecule has 112 valence electrons. The number of ether oxygens (including phenoxy) is 2. The highest BCUT2D eigenvalue weighted by atomic mass is 16.5. The minimum absolute atomic E-state index is 0.336. The fourth-order valence-corrected chi connectivity index (χ4v) is 3.11. The van der Waals surface area contributed by atoms with Crippen LogP contribution in [0.4, 0.5) is 0 Å². The van der Waals surface area contributed by atoms with Crippen LogP contribution >= 0.6 is 0 Å². The third-order valence-electron chi connectivity index (χ3n) is 4.79. The molecule has 1 fully saturated rings. The van der Waals surface area contributed by atoms with Crippen LogP contribution in [0.5, 0.6) is 5.75 Å². The molecule has 0 aromatic heterocycles. The van der Waals surface area contributed by atoms with E-state index in [0.717, 1.165) is 37.0 Å². The van der Waals surface area contributed by atoms with E-state index < -0.39 is 11.7 Å². The van der Waals surface area contributed by atoms with Crippen molar-refractivity contribution in [3.8, 4) is 5.75 Å². The summed E-state index contributed by atoms with van der Waals surface area (Å²) in [5, 5.41) is 10.9. The summed E-state index contributed by atoms with van der Waals surface area (Å²) in [5.74, 6) is 0.723. The average molecular weight is 278 g/mol. The van der Waals surface area contributed by atoms with E-state index in [9.17, 15) is 5.11 Å². The lowest BCUT2D eigenvalue weighted by atomic mass is 9.68. The van der Waals surface area contributed by atoms with Gasteiger partial charge in [0.25, 0.3) is 0 Å². The Morgan fingerprint density at radius 3 is 2.20 bits per heavy atom. The van der Waals surface area contributed by atoms with Crippen LogP contribution in [0.15, 0.2) is 24.3 Å². The van der Waals surface area contributed by atoms with E-state index in [1.807, 2.05) is 24.3 Å². The number of rotatable bonds is 4. The average Bonchev–Trinajstić information content (AvgIpc) is 2.47. The van der Waals surface area contributed by atoms with Crippen LogP contribution in [0, 0.1) is 5.41 Å². The van der Waals surface area contributed by atoms with Gasteiger partial charge in [0.15, 0.2) is 0 Å². The Labute approximate surface area is 121 Å². The van der Waals surface area contributed by atoms with Crippen molar-refractivity contribution < 1.29 is 14.6 Å². The molecule has 0 aliphatic heterocycles. The van der Waals surface area contributed by atoms with Crippen LogP contribution in [-0.4, -0.2) is 24.9 Å². The SMILES string of the molecule is COc1ccccc1C(O)C1(OC)CCC(C)(C)CC1. The maximum atomic E-state index is 10.9. The lowest BCUT2D eigenvalue weighted by Crippen LogP contribution is -2.44. The van der Waals surface area contributed by atoms with Crippen molar-refractivity contribution in [1.82, 2.24) is 0 Å². The first-order chi connectivity index (χ1) is 9.44. The lowest BCUT2D eigenvalue weighted by Gasteiger charge is -2.45. The molecule has 1 aromatic carbocycles. The summed E-state index contributed by atoms with van der Waals surface area (Å²) < 4.78 is 11.2. The summed E-state index contributed by atoms with van der Waals surface area (Å²) in [4.78, 5) is 0. The highest BCUT2D eigenvalue weighted by Crippen LogP contribution is 2.48. The summed E-state index contributed by atoms with van der Waals surface area (Å²) in [6.45, 7) is 4.56. The normalized spacial score (nSPS) is 22.2. The lowest BCUT2D eigenvalue weighted by molar-refractivity contribution is -0.138. The fourth-order valence-electron chi connectivity index (χ4n) is 3.11. The van der Waals surface area contributed by atoms with Crippen molar-refractivity contribution in [3.05, 3.63) is 29.8 Å². The first kappa shape index (κ1) is 15.3. The highest BCUT2D eigenvalue weighted by molar-refractivity contribution is 5.36. The topological polar surface area (TPSA) is 38.7 Å². The molecule has 0 saturated heterocycles. The Morgan fingerprint density at radius 1 is 1.05 bits per heavy atom. The number of aliphatic hydroxyl groups excluding tert-OH is 1. The molecule has 0 amide bonds. The van der Waals surface area contributed by atoms with Crippen molar-refractivity contribution in [1.29, 1.82) is 0 Å². The molecule has 2 rings (SSSR count). The molecule has 1 saturated carbocycles. The monoisotopic (exact) mass is 278 g/mol. The van der Waals surface area contributed by atoms with Crippen molar-refractivity contribution in [3.63, 3.8) is 0 Å². The van der Waals surface area contributed by atoms with Crippen LogP contribution in [0.2, 0.25) is 0 Å². The maximum Gasteiger partial charge on any atom is 0.124 e. The molecule has 3 heteroatoms. The zero-order chi connectivity index (χ0) is 14.8. The molecule has 0 radical (unpaired) electrons. The first-order valence-electron chi connectivity index (χ1n) is 7.30. The Kier molecular flexibility index (Phi) is 4.40. The molecule has 1 aliphatic rings. The molecule has 1 aliphatic carbocycles. The van der Waals surface area contributed by atoms with Gasteiger partial charge in [-0.3, -0.25) is 0 Å². The van der Waals surface area contributed by atoms with Gasteiger partial charge in [0.1, 0.15) is 11.9 Å². The van der Waals surface area contributed by atoms with E-state index in [1.165, 1.54) is 0 Å². The van der Waals surface area contributed by atoms with Gasteiger partial charge in [-0.2, -0.15) is 0 Å². The molecule has 0 spiro atoms. The van der Waals surface area contributed by atoms with Crippen molar-refractivity contribution >= 4 is 0 Å². The Morgan fingerprint density at radius 2 is 1.65 bits per heavy atom. The predicted octanol–water partition coefficient (Wildman–Crippen LogP) is 3.71. The summed E-state index contributed by atoms with van der Waals surface area (Å²) in [6, 6.07) is 7.65. The maximum absolute atomic E-state index is 10.9. The summed E-state index contributed by atoms with van der Waals surface area (Å²) in [7, 11) is 3.34. The van der Waals surface area contributed by atoms with Gasteiger partial charge >= 0.3 is 0 Å². The van der Waals surface area contributed by atoms with Crippen molar-refractivity contribution in [2.45, 2.75) is 51.2 Å². The molecule has 0 heterocycles. The van der Waals surface area contributed by atoms with Crippen molar-refractivity contribution in [2.24, 2.45) is 5.41 Å². The number of aliphatic hydroxyl groups is 1. The largest absolute Gasteiger partial charge is 0.496 e. The van der Waals surface area contributed by atoms with Gasteiger partial charge in [-0.1, -0.05) is 32.0 Å². The van der Waals surface area contributed by atoms with Gasteiger partial charge in [0.05, 0.1) is 12.7 Å². The predicted molar refractivity (Wildman–Crippen MR) is 79.9 cm³/mol. The van der Waals surface area contributed by atoms with Gasteiger partial charge < -0.3 is 14.6 Å². The Hall–Kier alpha value is -1.06. The van der Waals surface area contributed by atoms with Gasteiger partial charge in [-0.05, 0) is 37.2 Å². The first-order valence-corrected chi connectivity index (χ1v) is 7.30. The molecule has 3 nitrogen and oxygen atoms in total. The van der Waals surface area contributed by atoms with E-state index in [-0.39, 0.29) is 0 Å². The minimum atomic E-state index is -0.653. The number of methoxy groups -OCH3 is 2. The number of hydrogen-bond donors (Lipinski definition) is 1.